The summed E-state index contributed by atoms with van der Waals surface area (Å²) in [7, 11) is 0. The summed E-state index contributed by atoms with van der Waals surface area (Å²) < 4.78 is 22.8. The summed E-state index contributed by atoms with van der Waals surface area (Å²) in [5.74, 6) is 3.03. The van der Waals surface area contributed by atoms with Crippen LogP contribution in [0.2, 0.25) is 0 Å². The third kappa shape index (κ3) is 7.03. The van der Waals surface area contributed by atoms with Crippen molar-refractivity contribution in [3.63, 3.8) is 0 Å². The SMILES string of the molecule is Cc1nnc(-c2ccc(Oc3ccc(C(C)(C)c4ccc(O[C@H]5C[C@H](NC(=O)OC(C)(C)C)C5)cc4)cc3)cn2)o1. The highest BCUT2D eigenvalue weighted by Crippen LogP contribution is 2.35. The Kier molecular flexibility index (Phi) is 7.71. The molecular formula is C32H36N4O5. The summed E-state index contributed by atoms with van der Waals surface area (Å²) in [5, 5.41) is 10.7. The van der Waals surface area contributed by atoms with E-state index >= 15 is 0 Å². The summed E-state index contributed by atoms with van der Waals surface area (Å²) >= 11 is 0. The minimum Gasteiger partial charge on any atom is -0.490 e. The molecule has 214 valence electrons. The van der Waals surface area contributed by atoms with Gasteiger partial charge in [-0.1, -0.05) is 38.1 Å². The Labute approximate surface area is 240 Å². The fourth-order valence-electron chi connectivity index (χ4n) is 4.61. The number of aryl methyl sites for hydroxylation is 1. The molecule has 1 N–H and O–H groups in total. The quantitative estimate of drug-likeness (QED) is 0.247. The molecule has 1 saturated carbocycles. The lowest BCUT2D eigenvalue weighted by molar-refractivity contribution is 0.0363. The molecule has 0 aliphatic heterocycles. The second kappa shape index (κ2) is 11.2. The van der Waals surface area contributed by atoms with Crippen molar-refractivity contribution in [1.29, 1.82) is 0 Å². The molecule has 9 nitrogen and oxygen atoms in total. The molecule has 2 aromatic heterocycles. The zero-order valence-corrected chi connectivity index (χ0v) is 24.3. The van der Waals surface area contributed by atoms with Gasteiger partial charge < -0.3 is 23.9 Å². The van der Waals surface area contributed by atoms with Gasteiger partial charge in [-0.2, -0.15) is 0 Å². The highest BCUT2D eigenvalue weighted by atomic mass is 16.6. The molecule has 1 aliphatic carbocycles. The van der Waals surface area contributed by atoms with Gasteiger partial charge in [0.15, 0.2) is 0 Å². The molecule has 0 bridgehead atoms. The van der Waals surface area contributed by atoms with Crippen LogP contribution in [0.25, 0.3) is 11.6 Å². The fourth-order valence-corrected chi connectivity index (χ4v) is 4.61. The van der Waals surface area contributed by atoms with E-state index in [1.165, 1.54) is 5.56 Å². The molecule has 1 fully saturated rings. The van der Waals surface area contributed by atoms with E-state index in [1.54, 1.807) is 19.2 Å². The Morgan fingerprint density at radius 1 is 0.854 bits per heavy atom. The van der Waals surface area contributed by atoms with Crippen LogP contribution in [-0.4, -0.2) is 39.0 Å². The van der Waals surface area contributed by atoms with Crippen LogP contribution in [0.4, 0.5) is 4.79 Å². The second-order valence-corrected chi connectivity index (χ2v) is 11.8. The fraction of sp³-hybridized carbons (Fsp3) is 0.375. The van der Waals surface area contributed by atoms with E-state index in [2.05, 4.69) is 58.6 Å². The van der Waals surface area contributed by atoms with Gasteiger partial charge in [0.25, 0.3) is 5.89 Å². The second-order valence-electron chi connectivity index (χ2n) is 11.8. The van der Waals surface area contributed by atoms with Crippen LogP contribution in [-0.2, 0) is 10.2 Å². The van der Waals surface area contributed by atoms with Crippen molar-refractivity contribution >= 4 is 6.09 Å². The molecule has 4 aromatic rings. The summed E-state index contributed by atoms with van der Waals surface area (Å²) in [6.45, 7) is 11.7. The molecule has 0 unspecified atom stereocenters. The molecule has 1 aliphatic rings. The summed E-state index contributed by atoms with van der Waals surface area (Å²) in [6.07, 6.45) is 2.86. The van der Waals surface area contributed by atoms with Gasteiger partial charge >= 0.3 is 6.09 Å². The number of nitrogens with one attached hydrogen (secondary N) is 1. The molecule has 5 rings (SSSR count). The highest BCUT2D eigenvalue weighted by Gasteiger charge is 2.33. The van der Waals surface area contributed by atoms with E-state index in [0.717, 1.165) is 29.9 Å². The predicted octanol–water partition coefficient (Wildman–Crippen LogP) is 6.99. The minimum absolute atomic E-state index is 0.0794. The van der Waals surface area contributed by atoms with Gasteiger partial charge in [0.1, 0.15) is 34.6 Å². The van der Waals surface area contributed by atoms with Crippen LogP contribution in [0.15, 0.2) is 71.3 Å². The number of benzene rings is 2. The van der Waals surface area contributed by atoms with E-state index in [4.69, 9.17) is 18.6 Å². The number of hydrogen-bond donors (Lipinski definition) is 1. The molecule has 0 radical (unpaired) electrons. The molecule has 2 aromatic carbocycles. The molecule has 2 heterocycles. The lowest BCUT2D eigenvalue weighted by Crippen LogP contribution is -2.50. The minimum atomic E-state index is -0.503. The van der Waals surface area contributed by atoms with Gasteiger partial charge in [0.05, 0.1) is 6.20 Å². The number of rotatable bonds is 8. The van der Waals surface area contributed by atoms with E-state index in [-0.39, 0.29) is 23.7 Å². The van der Waals surface area contributed by atoms with Crippen LogP contribution >= 0.6 is 0 Å². The van der Waals surface area contributed by atoms with Crippen molar-refractivity contribution in [2.45, 2.75) is 77.5 Å². The van der Waals surface area contributed by atoms with Gasteiger partial charge in [-0.15, -0.1) is 10.2 Å². The van der Waals surface area contributed by atoms with Crippen molar-refractivity contribution in [2.24, 2.45) is 0 Å². The Morgan fingerprint density at radius 2 is 1.46 bits per heavy atom. The van der Waals surface area contributed by atoms with Gasteiger partial charge in [-0.05, 0) is 68.3 Å². The maximum Gasteiger partial charge on any atom is 0.407 e. The van der Waals surface area contributed by atoms with Crippen molar-refractivity contribution in [1.82, 2.24) is 20.5 Å². The maximum absolute atomic E-state index is 11.9. The van der Waals surface area contributed by atoms with Gasteiger partial charge in [-0.25, -0.2) is 9.78 Å². The Bertz CT molecular complexity index is 1470. The lowest BCUT2D eigenvalue weighted by atomic mass is 9.78. The van der Waals surface area contributed by atoms with Crippen LogP contribution in [0.3, 0.4) is 0 Å². The van der Waals surface area contributed by atoms with Crippen molar-refractivity contribution in [3.05, 3.63) is 83.9 Å². The number of ether oxygens (including phenoxy) is 3. The third-order valence-corrected chi connectivity index (χ3v) is 6.99. The number of pyridine rings is 1. The highest BCUT2D eigenvalue weighted by molar-refractivity contribution is 5.68. The molecule has 1 amide bonds. The van der Waals surface area contributed by atoms with Crippen LogP contribution in [0, 0.1) is 6.92 Å². The average molecular weight is 557 g/mol. The van der Waals surface area contributed by atoms with Crippen LogP contribution in [0.1, 0.15) is 64.5 Å². The Balaban J connectivity index is 1.13. The molecule has 9 heteroatoms. The summed E-state index contributed by atoms with van der Waals surface area (Å²) in [4.78, 5) is 16.3. The molecule has 0 spiro atoms. The number of hydrogen-bond acceptors (Lipinski definition) is 8. The zero-order chi connectivity index (χ0) is 29.2. The Hall–Kier alpha value is -4.40. The van der Waals surface area contributed by atoms with E-state index < -0.39 is 5.60 Å². The number of carbonyl (C=O) groups excluding carboxylic acids is 1. The monoisotopic (exact) mass is 556 g/mol. The van der Waals surface area contributed by atoms with Crippen molar-refractivity contribution in [3.8, 4) is 28.8 Å². The zero-order valence-electron chi connectivity index (χ0n) is 24.3. The molecular weight excluding hydrogens is 520 g/mol. The van der Waals surface area contributed by atoms with Gasteiger partial charge in [-0.3, -0.25) is 0 Å². The first kappa shape index (κ1) is 28.1. The predicted molar refractivity (Wildman–Crippen MR) is 154 cm³/mol. The first-order valence-corrected chi connectivity index (χ1v) is 13.8. The summed E-state index contributed by atoms with van der Waals surface area (Å²) in [5.41, 5.74) is 2.21. The maximum atomic E-state index is 11.9. The smallest absolute Gasteiger partial charge is 0.407 e. The normalized spacial score (nSPS) is 16.9. The van der Waals surface area contributed by atoms with Crippen molar-refractivity contribution in [2.75, 3.05) is 0 Å². The molecule has 0 saturated heterocycles. The summed E-state index contributed by atoms with van der Waals surface area (Å²) in [6, 6.07) is 20.0. The number of amides is 1. The van der Waals surface area contributed by atoms with Gasteiger partial charge in [0, 0.05) is 31.2 Å². The number of nitrogens with zero attached hydrogens (tertiary/aromatic N) is 3. The number of carbonyl (C=O) groups is 1. The van der Waals surface area contributed by atoms with Gasteiger partial charge in [0.2, 0.25) is 5.89 Å². The van der Waals surface area contributed by atoms with E-state index in [0.29, 0.717) is 23.2 Å². The number of alkyl carbamates (subject to hydrolysis) is 1. The number of aromatic nitrogens is 3. The first-order chi connectivity index (χ1) is 19.4. The third-order valence-electron chi connectivity index (χ3n) is 6.99. The average Bonchev–Trinajstić information content (AvgIpc) is 3.33. The van der Waals surface area contributed by atoms with E-state index in [1.807, 2.05) is 51.1 Å². The van der Waals surface area contributed by atoms with Crippen LogP contribution in [0.5, 0.6) is 17.2 Å². The Morgan fingerprint density at radius 3 is 2.00 bits per heavy atom. The van der Waals surface area contributed by atoms with E-state index in [9.17, 15) is 4.79 Å². The topological polar surface area (TPSA) is 109 Å². The molecule has 0 atom stereocenters. The lowest BCUT2D eigenvalue weighted by Gasteiger charge is -2.36. The van der Waals surface area contributed by atoms with Crippen molar-refractivity contribution < 1.29 is 23.4 Å². The first-order valence-electron chi connectivity index (χ1n) is 13.8. The molecule has 41 heavy (non-hydrogen) atoms. The standard InChI is InChI=1S/C32H36N4O5/c1-20-35-36-29(38-20)28-16-15-26(19-33-28)39-24-11-7-21(8-12-24)32(5,6)22-9-13-25(14-10-22)40-27-17-23(18-27)34-30(37)41-31(2,3)4/h7-16,19,23,27H,17-18H2,1-6H3,(H,34,37)/t23-,27-. The van der Waals surface area contributed by atoms with Crippen LogP contribution < -0.4 is 14.8 Å². The largest absolute Gasteiger partial charge is 0.490 e.